The van der Waals surface area contributed by atoms with E-state index in [1.807, 2.05) is 0 Å². The quantitative estimate of drug-likeness (QED) is 0.159. The van der Waals surface area contributed by atoms with Crippen molar-refractivity contribution in [2.75, 3.05) is 0 Å². The Hall–Kier alpha value is -8.40. The van der Waals surface area contributed by atoms with Crippen LogP contribution in [-0.2, 0) is 0 Å². The Kier molecular flexibility index (Phi) is 7.91. The Morgan fingerprint density at radius 3 is 0.968 bits per heavy atom. The Morgan fingerprint density at radius 1 is 0.175 bits per heavy atom. The van der Waals surface area contributed by atoms with E-state index in [0.29, 0.717) is 0 Å². The van der Waals surface area contributed by atoms with E-state index in [2.05, 4.69) is 250 Å². The fourth-order valence-corrected chi connectivity index (χ4v) is 10.2. The summed E-state index contributed by atoms with van der Waals surface area (Å²) in [5.41, 5.74) is 17.6. The summed E-state index contributed by atoms with van der Waals surface area (Å²) in [6, 6.07) is 86.6. The number of hydrogen-bond acceptors (Lipinski definition) is 0. The number of fused-ring (bicyclic) bond motifs is 9. The fourth-order valence-electron chi connectivity index (χ4n) is 10.2. The van der Waals surface area contributed by atoms with Crippen molar-refractivity contribution in [2.45, 2.75) is 0 Å². The van der Waals surface area contributed by atoms with Gasteiger partial charge in [-0.3, -0.25) is 0 Å². The van der Waals surface area contributed by atoms with Crippen LogP contribution in [0.5, 0.6) is 0 Å². The first kappa shape index (κ1) is 35.4. The van der Waals surface area contributed by atoms with Gasteiger partial charge in [0.2, 0.25) is 0 Å². The van der Waals surface area contributed by atoms with Gasteiger partial charge in [-0.1, -0.05) is 164 Å². The second-order valence-corrected chi connectivity index (χ2v) is 16.6. The predicted molar refractivity (Wildman–Crippen MR) is 266 cm³/mol. The fraction of sp³-hybridized carbons (Fsp3) is 0. The molecule has 0 aliphatic carbocycles. The van der Waals surface area contributed by atoms with Crippen molar-refractivity contribution in [3.05, 3.63) is 237 Å². The maximum absolute atomic E-state index is 2.47. The van der Waals surface area contributed by atoms with Crippen molar-refractivity contribution < 1.29 is 0 Å². The normalized spacial score (nSPS) is 11.8. The summed E-state index contributed by atoms with van der Waals surface area (Å²) in [7, 11) is 0. The number of para-hydroxylation sites is 4. The maximum atomic E-state index is 2.47. The minimum Gasteiger partial charge on any atom is -0.309 e. The molecule has 3 heterocycles. The molecule has 3 aromatic heterocycles. The summed E-state index contributed by atoms with van der Waals surface area (Å²) in [5.74, 6) is 0. The van der Waals surface area contributed by atoms with E-state index in [0.717, 1.165) is 22.6 Å². The van der Waals surface area contributed by atoms with Crippen molar-refractivity contribution in [1.82, 2.24) is 13.7 Å². The SMILES string of the molecule is c1ccc(-c2cccc(-c3cc(-c4ccccc4)cc(-n4c5ccccc5c5ccc(-n6c7ccccc7c7ccc(-n8c9ccccc9c9ccccc98)cc76)cc54)c3)c2)cc1. The Balaban J connectivity index is 1.06. The third-order valence-electron chi connectivity index (χ3n) is 13.0. The molecule has 0 amide bonds. The van der Waals surface area contributed by atoms with E-state index in [-0.39, 0.29) is 0 Å². The molecule has 0 spiro atoms. The standard InChI is InChI=1S/C60H39N3/c1-3-16-40(17-4-1)42-20-15-21-43(34-42)45-35-44(41-18-5-2-6-19-41)36-48(37-45)63-58-29-14-10-25-52(58)54-33-31-47(39-60(54)63)62-57-28-13-9-24-51(57)53-32-30-46(38-59(53)62)61-55-26-11-7-22-49(55)50-23-8-12-27-56(50)61/h1-39H. The van der Waals surface area contributed by atoms with Crippen LogP contribution in [0.1, 0.15) is 0 Å². The molecular formula is C60H39N3. The third-order valence-corrected chi connectivity index (χ3v) is 13.0. The van der Waals surface area contributed by atoms with Gasteiger partial charge in [-0.2, -0.15) is 0 Å². The highest BCUT2D eigenvalue weighted by atomic mass is 15.0. The van der Waals surface area contributed by atoms with Crippen molar-refractivity contribution in [3.8, 4) is 50.4 Å². The summed E-state index contributed by atoms with van der Waals surface area (Å²) in [5, 5.41) is 7.44. The topological polar surface area (TPSA) is 14.8 Å². The average molecular weight is 802 g/mol. The molecule has 13 aromatic rings. The summed E-state index contributed by atoms with van der Waals surface area (Å²) in [4.78, 5) is 0. The molecule has 0 aliphatic heterocycles. The zero-order valence-corrected chi connectivity index (χ0v) is 34.4. The van der Waals surface area contributed by atoms with E-state index < -0.39 is 0 Å². The lowest BCUT2D eigenvalue weighted by atomic mass is 9.95. The molecule has 0 atom stereocenters. The van der Waals surface area contributed by atoms with Crippen molar-refractivity contribution in [3.63, 3.8) is 0 Å². The summed E-state index contributed by atoms with van der Waals surface area (Å²) in [6.07, 6.45) is 0. The van der Waals surface area contributed by atoms with Gasteiger partial charge < -0.3 is 13.7 Å². The van der Waals surface area contributed by atoms with Gasteiger partial charge in [0.15, 0.2) is 0 Å². The molecule has 0 N–H and O–H groups in total. The molecular weight excluding hydrogens is 763 g/mol. The van der Waals surface area contributed by atoms with Crippen LogP contribution in [0, 0.1) is 0 Å². The van der Waals surface area contributed by atoms with Crippen LogP contribution in [-0.4, -0.2) is 13.7 Å². The second-order valence-electron chi connectivity index (χ2n) is 16.6. The van der Waals surface area contributed by atoms with Crippen LogP contribution < -0.4 is 0 Å². The van der Waals surface area contributed by atoms with E-state index >= 15 is 0 Å². The molecule has 3 heteroatoms. The first-order valence-electron chi connectivity index (χ1n) is 21.7. The van der Waals surface area contributed by atoms with Crippen LogP contribution in [0.3, 0.4) is 0 Å². The van der Waals surface area contributed by atoms with Crippen LogP contribution in [0.15, 0.2) is 237 Å². The molecule has 0 aliphatic rings. The van der Waals surface area contributed by atoms with Crippen LogP contribution in [0.4, 0.5) is 0 Å². The molecule has 13 rings (SSSR count). The van der Waals surface area contributed by atoms with E-state index in [4.69, 9.17) is 0 Å². The van der Waals surface area contributed by atoms with Crippen LogP contribution in [0.2, 0.25) is 0 Å². The lowest BCUT2D eigenvalue weighted by Gasteiger charge is -2.15. The first-order chi connectivity index (χ1) is 31.2. The van der Waals surface area contributed by atoms with Gasteiger partial charge in [0.05, 0.1) is 33.1 Å². The lowest BCUT2D eigenvalue weighted by Crippen LogP contribution is -1.99. The van der Waals surface area contributed by atoms with Crippen LogP contribution >= 0.6 is 0 Å². The van der Waals surface area contributed by atoms with Crippen LogP contribution in [0.25, 0.3) is 116 Å². The van der Waals surface area contributed by atoms with Gasteiger partial charge in [0.1, 0.15) is 0 Å². The zero-order valence-electron chi connectivity index (χ0n) is 34.4. The minimum absolute atomic E-state index is 1.12. The van der Waals surface area contributed by atoms with Gasteiger partial charge in [-0.05, 0) is 106 Å². The van der Waals surface area contributed by atoms with Gasteiger partial charge in [-0.15, -0.1) is 0 Å². The lowest BCUT2D eigenvalue weighted by molar-refractivity contribution is 1.14. The highest BCUT2D eigenvalue weighted by molar-refractivity contribution is 6.13. The van der Waals surface area contributed by atoms with Crippen molar-refractivity contribution >= 4 is 65.4 Å². The molecule has 10 aromatic carbocycles. The molecule has 0 radical (unpaired) electrons. The third kappa shape index (κ3) is 5.60. The zero-order chi connectivity index (χ0) is 41.4. The molecule has 0 fully saturated rings. The highest BCUT2D eigenvalue weighted by Crippen LogP contribution is 2.41. The smallest absolute Gasteiger partial charge is 0.0561 e. The molecule has 294 valence electrons. The molecule has 0 saturated heterocycles. The van der Waals surface area contributed by atoms with Gasteiger partial charge >= 0.3 is 0 Å². The van der Waals surface area contributed by atoms with E-state index in [9.17, 15) is 0 Å². The molecule has 3 nitrogen and oxygen atoms in total. The Morgan fingerprint density at radius 2 is 0.492 bits per heavy atom. The summed E-state index contributed by atoms with van der Waals surface area (Å²) < 4.78 is 7.35. The second kappa shape index (κ2) is 14.1. The van der Waals surface area contributed by atoms with Crippen molar-refractivity contribution in [1.29, 1.82) is 0 Å². The highest BCUT2D eigenvalue weighted by Gasteiger charge is 2.20. The van der Waals surface area contributed by atoms with Gasteiger partial charge in [0, 0.05) is 49.4 Å². The first-order valence-corrected chi connectivity index (χ1v) is 21.7. The molecule has 63 heavy (non-hydrogen) atoms. The summed E-state index contributed by atoms with van der Waals surface area (Å²) in [6.45, 7) is 0. The largest absolute Gasteiger partial charge is 0.309 e. The number of hydrogen-bond donors (Lipinski definition) is 0. The van der Waals surface area contributed by atoms with E-state index in [1.165, 1.54) is 93.3 Å². The molecule has 0 unspecified atom stereocenters. The van der Waals surface area contributed by atoms with Gasteiger partial charge in [-0.25, -0.2) is 0 Å². The predicted octanol–water partition coefficient (Wildman–Crippen LogP) is 16.0. The maximum Gasteiger partial charge on any atom is 0.0561 e. The average Bonchev–Trinajstić information content (AvgIpc) is 3.99. The van der Waals surface area contributed by atoms with E-state index in [1.54, 1.807) is 0 Å². The summed E-state index contributed by atoms with van der Waals surface area (Å²) >= 11 is 0. The number of aromatic nitrogens is 3. The minimum atomic E-state index is 1.12. The number of benzene rings is 10. The monoisotopic (exact) mass is 801 g/mol. The molecule has 0 saturated carbocycles. The molecule has 0 bridgehead atoms. The van der Waals surface area contributed by atoms with Crippen molar-refractivity contribution in [2.24, 2.45) is 0 Å². The van der Waals surface area contributed by atoms with Gasteiger partial charge in [0.25, 0.3) is 0 Å². The number of nitrogens with zero attached hydrogens (tertiary/aromatic N) is 3. The Bertz CT molecular complexity index is 3850. The Labute approximate surface area is 364 Å². The number of rotatable bonds is 6.